The molecule has 0 aromatic heterocycles. The van der Waals surface area contributed by atoms with Crippen molar-refractivity contribution in [2.24, 2.45) is 0 Å². The quantitative estimate of drug-likeness (QED) is 0.670. The van der Waals surface area contributed by atoms with Crippen LogP contribution >= 0.6 is 0 Å². The van der Waals surface area contributed by atoms with E-state index in [4.69, 9.17) is 4.74 Å². The Morgan fingerprint density at radius 3 is 2.47 bits per heavy atom. The fourth-order valence-electron chi connectivity index (χ4n) is 2.37. The lowest BCUT2D eigenvalue weighted by Gasteiger charge is -2.38. The standard InChI is InChI=1S/C12H23NO2/c1-4-15-12(14)8-9-13-10(2)6-5-7-11(13)3/h10-11H,4-9H2,1-3H3/t10-,11+. The molecule has 1 aliphatic heterocycles. The van der Waals surface area contributed by atoms with Crippen LogP contribution in [-0.4, -0.2) is 36.1 Å². The molecule has 0 saturated carbocycles. The van der Waals surface area contributed by atoms with Crippen molar-refractivity contribution in [2.45, 2.75) is 58.5 Å². The van der Waals surface area contributed by atoms with Crippen molar-refractivity contribution >= 4 is 5.97 Å². The molecule has 1 rings (SSSR count). The molecule has 1 fully saturated rings. The molecule has 0 spiro atoms. The summed E-state index contributed by atoms with van der Waals surface area (Å²) in [5, 5.41) is 0. The molecule has 88 valence electrons. The minimum Gasteiger partial charge on any atom is -0.466 e. The molecule has 0 N–H and O–H groups in total. The zero-order valence-corrected chi connectivity index (χ0v) is 10.2. The Labute approximate surface area is 92.8 Å². The summed E-state index contributed by atoms with van der Waals surface area (Å²) in [7, 11) is 0. The minimum atomic E-state index is -0.0672. The van der Waals surface area contributed by atoms with Gasteiger partial charge in [-0.1, -0.05) is 6.42 Å². The maximum absolute atomic E-state index is 11.3. The van der Waals surface area contributed by atoms with Crippen molar-refractivity contribution in [1.29, 1.82) is 0 Å². The van der Waals surface area contributed by atoms with Crippen LogP contribution in [0, 0.1) is 0 Å². The second-order valence-electron chi connectivity index (χ2n) is 4.42. The van der Waals surface area contributed by atoms with Crippen molar-refractivity contribution in [3.8, 4) is 0 Å². The molecule has 3 nitrogen and oxygen atoms in total. The van der Waals surface area contributed by atoms with E-state index in [2.05, 4.69) is 18.7 Å². The zero-order valence-electron chi connectivity index (χ0n) is 10.2. The van der Waals surface area contributed by atoms with Gasteiger partial charge in [0.15, 0.2) is 0 Å². The molecule has 1 aliphatic rings. The monoisotopic (exact) mass is 213 g/mol. The second kappa shape index (κ2) is 6.11. The molecular formula is C12H23NO2. The molecule has 15 heavy (non-hydrogen) atoms. The number of carbonyl (C=O) groups is 1. The van der Waals surface area contributed by atoms with Crippen LogP contribution in [-0.2, 0) is 9.53 Å². The van der Waals surface area contributed by atoms with Crippen LogP contribution in [0.1, 0.15) is 46.5 Å². The molecule has 0 radical (unpaired) electrons. The Hall–Kier alpha value is -0.570. The van der Waals surface area contributed by atoms with Crippen LogP contribution in [0.5, 0.6) is 0 Å². The summed E-state index contributed by atoms with van der Waals surface area (Å²) in [5.41, 5.74) is 0. The fourth-order valence-corrected chi connectivity index (χ4v) is 2.37. The smallest absolute Gasteiger partial charge is 0.307 e. The number of piperidine rings is 1. The molecule has 0 amide bonds. The predicted molar refractivity (Wildman–Crippen MR) is 60.7 cm³/mol. The van der Waals surface area contributed by atoms with Crippen LogP contribution in [0.3, 0.4) is 0 Å². The van der Waals surface area contributed by atoms with E-state index >= 15 is 0 Å². The molecule has 3 heteroatoms. The van der Waals surface area contributed by atoms with Gasteiger partial charge in [0.25, 0.3) is 0 Å². The Morgan fingerprint density at radius 2 is 1.93 bits per heavy atom. The highest BCUT2D eigenvalue weighted by atomic mass is 16.5. The Bertz CT molecular complexity index is 196. The van der Waals surface area contributed by atoms with Crippen molar-refractivity contribution < 1.29 is 9.53 Å². The van der Waals surface area contributed by atoms with E-state index in [1.807, 2.05) is 6.92 Å². The summed E-state index contributed by atoms with van der Waals surface area (Å²) in [4.78, 5) is 13.7. The lowest BCUT2D eigenvalue weighted by molar-refractivity contribution is -0.143. The van der Waals surface area contributed by atoms with Crippen LogP contribution in [0.2, 0.25) is 0 Å². The highest BCUT2D eigenvalue weighted by Crippen LogP contribution is 2.22. The van der Waals surface area contributed by atoms with Gasteiger partial charge in [-0.2, -0.15) is 0 Å². The van der Waals surface area contributed by atoms with Gasteiger partial charge < -0.3 is 4.74 Å². The average Bonchev–Trinajstić information content (AvgIpc) is 2.17. The number of rotatable bonds is 4. The molecule has 0 unspecified atom stereocenters. The van der Waals surface area contributed by atoms with E-state index in [1.165, 1.54) is 19.3 Å². The number of nitrogens with zero attached hydrogens (tertiary/aromatic N) is 1. The Kier molecular flexibility index (Phi) is 5.09. The molecular weight excluding hydrogens is 190 g/mol. The minimum absolute atomic E-state index is 0.0672. The van der Waals surface area contributed by atoms with E-state index in [9.17, 15) is 4.79 Å². The van der Waals surface area contributed by atoms with Gasteiger partial charge in [-0.05, 0) is 33.6 Å². The topological polar surface area (TPSA) is 29.5 Å². The summed E-state index contributed by atoms with van der Waals surface area (Å²) in [6.45, 7) is 7.69. The second-order valence-corrected chi connectivity index (χ2v) is 4.42. The lowest BCUT2D eigenvalue weighted by atomic mass is 9.97. The van der Waals surface area contributed by atoms with E-state index < -0.39 is 0 Å². The van der Waals surface area contributed by atoms with Crippen LogP contribution in [0.4, 0.5) is 0 Å². The predicted octanol–water partition coefficient (Wildman–Crippen LogP) is 2.20. The summed E-state index contributed by atoms with van der Waals surface area (Å²) in [6.07, 6.45) is 4.36. The normalized spacial score (nSPS) is 27.7. The molecule has 0 bridgehead atoms. The maximum Gasteiger partial charge on any atom is 0.307 e. The van der Waals surface area contributed by atoms with Crippen LogP contribution < -0.4 is 0 Å². The zero-order chi connectivity index (χ0) is 11.3. The lowest BCUT2D eigenvalue weighted by Crippen LogP contribution is -2.44. The van der Waals surface area contributed by atoms with E-state index in [-0.39, 0.29) is 5.97 Å². The first-order valence-electron chi connectivity index (χ1n) is 6.06. The van der Waals surface area contributed by atoms with Crippen molar-refractivity contribution in [1.82, 2.24) is 4.90 Å². The maximum atomic E-state index is 11.3. The highest BCUT2D eigenvalue weighted by molar-refractivity contribution is 5.69. The van der Waals surface area contributed by atoms with Gasteiger partial charge in [-0.15, -0.1) is 0 Å². The Balaban J connectivity index is 2.32. The van der Waals surface area contributed by atoms with Crippen molar-refractivity contribution in [3.05, 3.63) is 0 Å². The third-order valence-electron chi connectivity index (χ3n) is 3.26. The first-order valence-corrected chi connectivity index (χ1v) is 6.06. The van der Waals surface area contributed by atoms with Crippen molar-refractivity contribution in [2.75, 3.05) is 13.2 Å². The largest absolute Gasteiger partial charge is 0.466 e. The SMILES string of the molecule is CCOC(=O)CCN1[C@H](C)CCC[C@@H]1C. The third kappa shape index (κ3) is 3.82. The van der Waals surface area contributed by atoms with Gasteiger partial charge >= 0.3 is 5.97 Å². The average molecular weight is 213 g/mol. The van der Waals surface area contributed by atoms with Gasteiger partial charge in [0, 0.05) is 18.6 Å². The number of ether oxygens (including phenoxy) is 1. The van der Waals surface area contributed by atoms with Gasteiger partial charge in [-0.25, -0.2) is 0 Å². The molecule has 2 atom stereocenters. The van der Waals surface area contributed by atoms with Crippen LogP contribution in [0.15, 0.2) is 0 Å². The molecule has 1 saturated heterocycles. The van der Waals surface area contributed by atoms with Crippen molar-refractivity contribution in [3.63, 3.8) is 0 Å². The van der Waals surface area contributed by atoms with Gasteiger partial charge in [-0.3, -0.25) is 9.69 Å². The summed E-state index contributed by atoms with van der Waals surface area (Å²) < 4.78 is 4.94. The molecule has 0 aliphatic carbocycles. The summed E-state index contributed by atoms with van der Waals surface area (Å²) in [6, 6.07) is 1.23. The molecule has 0 aromatic carbocycles. The number of esters is 1. The molecule has 0 aromatic rings. The number of likely N-dealkylation sites (tertiary alicyclic amines) is 1. The fraction of sp³-hybridized carbons (Fsp3) is 0.917. The first-order chi connectivity index (χ1) is 7.15. The van der Waals surface area contributed by atoms with Gasteiger partial charge in [0.1, 0.15) is 0 Å². The summed E-state index contributed by atoms with van der Waals surface area (Å²) in [5.74, 6) is -0.0672. The van der Waals surface area contributed by atoms with Gasteiger partial charge in [0.05, 0.1) is 13.0 Å². The van der Waals surface area contributed by atoms with E-state index in [0.717, 1.165) is 6.54 Å². The number of hydrogen-bond acceptors (Lipinski definition) is 3. The summed E-state index contributed by atoms with van der Waals surface area (Å²) >= 11 is 0. The van der Waals surface area contributed by atoms with Crippen LogP contribution in [0.25, 0.3) is 0 Å². The third-order valence-corrected chi connectivity index (χ3v) is 3.26. The first kappa shape index (κ1) is 12.5. The Morgan fingerprint density at radius 1 is 1.33 bits per heavy atom. The van der Waals surface area contributed by atoms with Gasteiger partial charge in [0.2, 0.25) is 0 Å². The van der Waals surface area contributed by atoms with E-state index in [0.29, 0.717) is 25.1 Å². The molecule has 1 heterocycles. The highest BCUT2D eigenvalue weighted by Gasteiger charge is 2.24. The number of hydrogen-bond donors (Lipinski definition) is 0. The number of carbonyl (C=O) groups excluding carboxylic acids is 1. The van der Waals surface area contributed by atoms with E-state index in [1.54, 1.807) is 0 Å².